The molecule has 0 radical (unpaired) electrons. The number of ether oxygens (including phenoxy) is 2. The van der Waals surface area contributed by atoms with Crippen LogP contribution in [0.15, 0.2) is 0 Å². The van der Waals surface area contributed by atoms with Gasteiger partial charge in [0.1, 0.15) is 11.8 Å². The Morgan fingerprint density at radius 3 is 2.71 bits per heavy atom. The van der Waals surface area contributed by atoms with E-state index < -0.39 is 0 Å². The number of aromatic nitrogens is 2. The highest BCUT2D eigenvalue weighted by Gasteiger charge is 2.23. The van der Waals surface area contributed by atoms with Crippen molar-refractivity contribution in [2.45, 2.75) is 13.0 Å². The largest absolute Gasteiger partial charge is 0.480 e. The second kappa shape index (κ2) is 3.49. The molecular weight excluding hydrogens is 182 g/mol. The SMILES string of the molecule is COc1c(OC2CNC2)c(C)nn1C. The van der Waals surface area contributed by atoms with Crippen LogP contribution in [0.2, 0.25) is 0 Å². The van der Waals surface area contributed by atoms with E-state index in [2.05, 4.69) is 10.4 Å². The highest BCUT2D eigenvalue weighted by Crippen LogP contribution is 2.31. The molecule has 0 unspecified atom stereocenters. The Bertz CT molecular complexity index is 331. The number of methoxy groups -OCH3 is 1. The van der Waals surface area contributed by atoms with Gasteiger partial charge in [0.25, 0.3) is 5.88 Å². The third kappa shape index (κ3) is 1.43. The molecule has 1 fully saturated rings. The second-order valence-corrected chi connectivity index (χ2v) is 3.45. The molecule has 0 amide bonds. The summed E-state index contributed by atoms with van der Waals surface area (Å²) in [6.45, 7) is 3.72. The van der Waals surface area contributed by atoms with E-state index in [1.165, 1.54) is 0 Å². The molecule has 5 heteroatoms. The first-order valence-electron chi connectivity index (χ1n) is 4.67. The van der Waals surface area contributed by atoms with Crippen molar-refractivity contribution in [2.75, 3.05) is 20.2 Å². The van der Waals surface area contributed by atoms with Gasteiger partial charge in [-0.25, -0.2) is 4.68 Å². The molecule has 1 saturated heterocycles. The van der Waals surface area contributed by atoms with Gasteiger partial charge in [0, 0.05) is 20.1 Å². The Hall–Kier alpha value is -1.23. The minimum absolute atomic E-state index is 0.256. The molecule has 0 aliphatic carbocycles. The molecule has 1 N–H and O–H groups in total. The van der Waals surface area contributed by atoms with Gasteiger partial charge >= 0.3 is 0 Å². The molecular formula is C9H15N3O2. The fourth-order valence-corrected chi connectivity index (χ4v) is 1.49. The average Bonchev–Trinajstić information content (AvgIpc) is 2.33. The average molecular weight is 197 g/mol. The predicted molar refractivity (Wildman–Crippen MR) is 51.8 cm³/mol. The maximum Gasteiger partial charge on any atom is 0.255 e. The highest BCUT2D eigenvalue weighted by atomic mass is 16.5. The standard InChI is InChI=1S/C9H15N3O2/c1-6-8(14-7-4-10-5-7)9(13-3)12(2)11-6/h7,10H,4-5H2,1-3H3. The lowest BCUT2D eigenvalue weighted by molar-refractivity contribution is 0.135. The van der Waals surface area contributed by atoms with Crippen molar-refractivity contribution in [1.29, 1.82) is 0 Å². The summed E-state index contributed by atoms with van der Waals surface area (Å²) in [5, 5.41) is 7.39. The molecule has 0 bridgehead atoms. The number of nitrogens with one attached hydrogen (secondary N) is 1. The summed E-state index contributed by atoms with van der Waals surface area (Å²) in [5.41, 5.74) is 0.872. The van der Waals surface area contributed by atoms with E-state index in [1.807, 2.05) is 14.0 Å². The van der Waals surface area contributed by atoms with E-state index in [0.717, 1.165) is 24.5 Å². The molecule has 0 aromatic carbocycles. The first-order valence-corrected chi connectivity index (χ1v) is 4.67. The van der Waals surface area contributed by atoms with E-state index in [9.17, 15) is 0 Å². The van der Waals surface area contributed by atoms with Gasteiger partial charge in [-0.3, -0.25) is 0 Å². The van der Waals surface area contributed by atoms with Crippen molar-refractivity contribution in [3.05, 3.63) is 5.69 Å². The predicted octanol–water partition coefficient (Wildman–Crippen LogP) is 0.0877. The van der Waals surface area contributed by atoms with Crippen LogP contribution in [0, 0.1) is 6.92 Å². The second-order valence-electron chi connectivity index (χ2n) is 3.45. The topological polar surface area (TPSA) is 48.3 Å². The van der Waals surface area contributed by atoms with Gasteiger partial charge in [-0.2, -0.15) is 5.10 Å². The minimum atomic E-state index is 0.256. The van der Waals surface area contributed by atoms with Crippen LogP contribution in [0.3, 0.4) is 0 Å². The van der Waals surface area contributed by atoms with E-state index in [0.29, 0.717) is 5.88 Å². The molecule has 2 rings (SSSR count). The molecule has 1 aromatic heterocycles. The summed E-state index contributed by atoms with van der Waals surface area (Å²) >= 11 is 0. The lowest BCUT2D eigenvalue weighted by Gasteiger charge is -2.27. The lowest BCUT2D eigenvalue weighted by Crippen LogP contribution is -2.50. The number of nitrogens with zero attached hydrogens (tertiary/aromatic N) is 2. The normalized spacial score (nSPS) is 16.5. The Morgan fingerprint density at radius 1 is 1.50 bits per heavy atom. The molecule has 14 heavy (non-hydrogen) atoms. The fourth-order valence-electron chi connectivity index (χ4n) is 1.49. The van der Waals surface area contributed by atoms with Crippen molar-refractivity contribution in [2.24, 2.45) is 7.05 Å². The number of aryl methyl sites for hydroxylation is 2. The molecule has 0 spiro atoms. The van der Waals surface area contributed by atoms with Gasteiger partial charge in [-0.1, -0.05) is 0 Å². The van der Waals surface area contributed by atoms with Gasteiger partial charge in [-0.15, -0.1) is 0 Å². The zero-order valence-corrected chi connectivity index (χ0v) is 8.70. The van der Waals surface area contributed by atoms with E-state index >= 15 is 0 Å². The number of rotatable bonds is 3. The van der Waals surface area contributed by atoms with Gasteiger partial charge in [0.05, 0.1) is 7.11 Å². The van der Waals surface area contributed by atoms with E-state index in [1.54, 1.807) is 11.8 Å². The smallest absolute Gasteiger partial charge is 0.255 e. The van der Waals surface area contributed by atoms with Gasteiger partial charge in [0.15, 0.2) is 0 Å². The minimum Gasteiger partial charge on any atom is -0.480 e. The number of hydrogen-bond acceptors (Lipinski definition) is 4. The summed E-state index contributed by atoms with van der Waals surface area (Å²) in [6, 6.07) is 0. The Balaban J connectivity index is 2.20. The summed E-state index contributed by atoms with van der Waals surface area (Å²) < 4.78 is 12.7. The lowest BCUT2D eigenvalue weighted by atomic mass is 10.2. The van der Waals surface area contributed by atoms with E-state index in [-0.39, 0.29) is 6.10 Å². The first-order chi connectivity index (χ1) is 6.72. The molecule has 0 saturated carbocycles. The molecule has 1 aliphatic heterocycles. The molecule has 0 atom stereocenters. The van der Waals surface area contributed by atoms with Crippen molar-refractivity contribution in [3.63, 3.8) is 0 Å². The van der Waals surface area contributed by atoms with Gasteiger partial charge in [0.2, 0.25) is 5.75 Å². The molecule has 1 aliphatic rings. The van der Waals surface area contributed by atoms with Crippen LogP contribution >= 0.6 is 0 Å². The first kappa shape index (κ1) is 9.33. The Kier molecular flexibility index (Phi) is 2.33. The van der Waals surface area contributed by atoms with Crippen LogP contribution < -0.4 is 14.8 Å². The monoisotopic (exact) mass is 197 g/mol. The molecule has 78 valence electrons. The highest BCUT2D eigenvalue weighted by molar-refractivity contribution is 5.38. The quantitative estimate of drug-likeness (QED) is 0.746. The van der Waals surface area contributed by atoms with E-state index in [4.69, 9.17) is 9.47 Å². The van der Waals surface area contributed by atoms with Crippen molar-refractivity contribution >= 4 is 0 Å². The number of hydrogen-bond donors (Lipinski definition) is 1. The van der Waals surface area contributed by atoms with Crippen LogP contribution in [0.25, 0.3) is 0 Å². The summed E-state index contributed by atoms with van der Waals surface area (Å²) in [6.07, 6.45) is 0.256. The summed E-state index contributed by atoms with van der Waals surface area (Å²) in [4.78, 5) is 0. The van der Waals surface area contributed by atoms with Gasteiger partial charge < -0.3 is 14.8 Å². The fraction of sp³-hybridized carbons (Fsp3) is 0.667. The van der Waals surface area contributed by atoms with Crippen LogP contribution in [0.4, 0.5) is 0 Å². The zero-order chi connectivity index (χ0) is 10.1. The molecule has 1 aromatic rings. The Labute approximate surface area is 83.0 Å². The maximum absolute atomic E-state index is 5.75. The maximum atomic E-state index is 5.75. The van der Waals surface area contributed by atoms with Crippen LogP contribution in [0.5, 0.6) is 11.6 Å². The molecule has 2 heterocycles. The van der Waals surface area contributed by atoms with Crippen LogP contribution in [-0.4, -0.2) is 36.1 Å². The summed E-state index contributed by atoms with van der Waals surface area (Å²) in [7, 11) is 3.47. The van der Waals surface area contributed by atoms with Crippen molar-refractivity contribution in [3.8, 4) is 11.6 Å². The van der Waals surface area contributed by atoms with Crippen molar-refractivity contribution < 1.29 is 9.47 Å². The van der Waals surface area contributed by atoms with Crippen LogP contribution in [0.1, 0.15) is 5.69 Å². The van der Waals surface area contributed by atoms with Crippen molar-refractivity contribution in [1.82, 2.24) is 15.1 Å². The Morgan fingerprint density at radius 2 is 2.21 bits per heavy atom. The third-order valence-corrected chi connectivity index (χ3v) is 2.34. The zero-order valence-electron chi connectivity index (χ0n) is 8.70. The van der Waals surface area contributed by atoms with Gasteiger partial charge in [-0.05, 0) is 6.92 Å². The summed E-state index contributed by atoms with van der Waals surface area (Å²) in [5.74, 6) is 1.45. The van der Waals surface area contributed by atoms with Crippen LogP contribution in [-0.2, 0) is 7.05 Å². The molecule has 5 nitrogen and oxygen atoms in total. The third-order valence-electron chi connectivity index (χ3n) is 2.34.